The number of carboxylic acids is 1. The fraction of sp³-hybridized carbons (Fsp3) is 0.400. The Hall–Kier alpha value is -4.04. The molecule has 0 radical (unpaired) electrons. The molecule has 20 heteroatoms. The number of carbonyl (C=O) groups excluding carboxylic acids is 4. The zero-order valence-electron chi connectivity index (χ0n) is 17.4. The summed E-state index contributed by atoms with van der Waals surface area (Å²) in [5.74, 6) is -3.83. The lowest BCUT2D eigenvalue weighted by molar-refractivity contribution is -0.147. The van der Waals surface area contributed by atoms with Crippen LogP contribution in [0.1, 0.15) is 5.69 Å². The number of carbonyl (C=O) groups is 5. The van der Waals surface area contributed by atoms with E-state index in [-0.39, 0.29) is 28.3 Å². The number of nitrogens with one attached hydrogen (secondary N) is 2. The number of nitrogens with zero attached hydrogens (tertiary/aromatic N) is 3. The molecule has 1 aromatic rings. The smallest absolute Gasteiger partial charge is 0.479 e. The minimum absolute atomic E-state index is 0.0177. The molecular weight excluding hydrogens is 520 g/mol. The second-order valence-corrected chi connectivity index (χ2v) is 8.47. The van der Waals surface area contributed by atoms with Crippen LogP contribution >= 0.6 is 11.3 Å². The maximum Gasteiger partial charge on any atom is 0.508 e. The third-order valence-corrected chi connectivity index (χ3v) is 5.57. The molecule has 6 N–H and O–H groups in total. The van der Waals surface area contributed by atoms with E-state index in [0.717, 1.165) is 11.3 Å². The third-order valence-electron chi connectivity index (χ3n) is 3.95. The van der Waals surface area contributed by atoms with Crippen LogP contribution in [-0.4, -0.2) is 102 Å². The van der Waals surface area contributed by atoms with Crippen LogP contribution in [-0.2, 0) is 43.8 Å². The lowest BCUT2D eigenvalue weighted by Crippen LogP contribution is -2.73. The van der Waals surface area contributed by atoms with Crippen molar-refractivity contribution < 1.29 is 56.4 Å². The summed E-state index contributed by atoms with van der Waals surface area (Å²) in [4.78, 5) is 65.8. The number of ether oxygens (including phenoxy) is 2. The fourth-order valence-corrected chi connectivity index (χ4v) is 3.95. The second kappa shape index (κ2) is 11.9. The highest BCUT2D eigenvalue weighted by atomic mass is 32.2. The average Bonchev–Trinajstić information content (AvgIpc) is 3.19. The van der Waals surface area contributed by atoms with Crippen molar-refractivity contribution in [3.05, 3.63) is 11.1 Å². The molecule has 0 aromatic carbocycles. The van der Waals surface area contributed by atoms with Crippen molar-refractivity contribution in [3.63, 3.8) is 0 Å². The van der Waals surface area contributed by atoms with E-state index in [0.29, 0.717) is 6.41 Å². The molecule has 1 saturated heterocycles. The van der Waals surface area contributed by atoms with Crippen LogP contribution in [0.4, 0.5) is 9.93 Å². The largest absolute Gasteiger partial charge is 0.508 e. The molecule has 0 saturated carbocycles. The minimum atomic E-state index is -5.09. The van der Waals surface area contributed by atoms with Crippen molar-refractivity contribution in [2.45, 2.75) is 12.1 Å². The molecule has 0 spiro atoms. The standard InChI is InChI=1S/C15H18N6O12S2/c16-14-18-7(5-34-14)10(20-33-4-9(23)24)12(25)19-11-8(21(13(11)26)35(28,29)30)3-32-15(27)31-2-1-17-6-22/h5-6,8,11H,1-4H2,(H2,16,18)(H,17,22)(H,19,25)(H,23,24)(H,28,29,30)/b20-10-. The highest BCUT2D eigenvalue weighted by Gasteiger charge is 2.55. The molecule has 0 aliphatic carbocycles. The number of β-lactam (4-membered cyclic amide) rings is 1. The number of carboxylic acid groups (broad SMARTS) is 1. The number of amides is 3. The van der Waals surface area contributed by atoms with Crippen molar-refractivity contribution in [1.82, 2.24) is 19.9 Å². The number of anilines is 1. The first-order valence-corrected chi connectivity index (χ1v) is 11.4. The Balaban J connectivity index is 2.14. The van der Waals surface area contributed by atoms with Gasteiger partial charge in [0.25, 0.3) is 11.8 Å². The van der Waals surface area contributed by atoms with E-state index in [1.54, 1.807) is 0 Å². The molecule has 1 fully saturated rings. The summed E-state index contributed by atoms with van der Waals surface area (Å²) < 4.78 is 41.6. The van der Waals surface area contributed by atoms with E-state index in [9.17, 15) is 36.9 Å². The van der Waals surface area contributed by atoms with Gasteiger partial charge in [-0.2, -0.15) is 8.42 Å². The molecule has 2 atom stereocenters. The Labute approximate surface area is 199 Å². The Morgan fingerprint density at radius 2 is 2.06 bits per heavy atom. The number of rotatable bonds is 13. The third kappa shape index (κ3) is 7.48. The first kappa shape index (κ1) is 27.2. The van der Waals surface area contributed by atoms with Gasteiger partial charge in [0.1, 0.15) is 31.0 Å². The van der Waals surface area contributed by atoms with E-state index in [4.69, 9.17) is 15.6 Å². The molecule has 18 nitrogen and oxygen atoms in total. The van der Waals surface area contributed by atoms with Crippen LogP contribution in [0.25, 0.3) is 0 Å². The van der Waals surface area contributed by atoms with E-state index in [1.807, 2.05) is 0 Å². The number of hydrogen-bond acceptors (Lipinski definition) is 14. The van der Waals surface area contributed by atoms with Gasteiger partial charge in [0.15, 0.2) is 10.8 Å². The normalized spacial score (nSPS) is 17.7. The van der Waals surface area contributed by atoms with Crippen LogP contribution < -0.4 is 16.4 Å². The lowest BCUT2D eigenvalue weighted by Gasteiger charge is -2.43. The van der Waals surface area contributed by atoms with Crippen molar-refractivity contribution in [1.29, 1.82) is 0 Å². The van der Waals surface area contributed by atoms with Gasteiger partial charge in [-0.15, -0.1) is 11.3 Å². The molecule has 192 valence electrons. The molecule has 1 aliphatic heterocycles. The topological polar surface area (TPSA) is 266 Å². The second-order valence-electron chi connectivity index (χ2n) is 6.29. The summed E-state index contributed by atoms with van der Waals surface area (Å²) in [5.41, 5.74) is 4.77. The van der Waals surface area contributed by atoms with Crippen LogP contribution in [0.3, 0.4) is 0 Å². The molecule has 2 unspecified atom stereocenters. The van der Waals surface area contributed by atoms with Gasteiger partial charge in [-0.05, 0) is 0 Å². The number of aromatic nitrogens is 1. The molecular formula is C15H18N6O12S2. The molecule has 35 heavy (non-hydrogen) atoms. The summed E-state index contributed by atoms with van der Waals surface area (Å²) in [6, 6.07) is -3.21. The Bertz CT molecular complexity index is 1120. The monoisotopic (exact) mass is 538 g/mol. The van der Waals surface area contributed by atoms with Gasteiger partial charge < -0.3 is 35.8 Å². The van der Waals surface area contributed by atoms with Gasteiger partial charge in [0.2, 0.25) is 13.0 Å². The zero-order chi connectivity index (χ0) is 26.2. The van der Waals surface area contributed by atoms with Crippen LogP contribution in [0, 0.1) is 0 Å². The van der Waals surface area contributed by atoms with E-state index in [1.165, 1.54) is 5.38 Å². The molecule has 1 aromatic heterocycles. The van der Waals surface area contributed by atoms with Crippen LogP contribution in [0.2, 0.25) is 0 Å². The Morgan fingerprint density at radius 1 is 1.34 bits per heavy atom. The summed E-state index contributed by atoms with van der Waals surface area (Å²) in [6.45, 7) is -2.07. The molecule has 3 amide bonds. The number of nitrogens with two attached hydrogens (primary N) is 1. The zero-order valence-corrected chi connectivity index (χ0v) is 19.0. The van der Waals surface area contributed by atoms with Crippen LogP contribution in [0.5, 0.6) is 0 Å². The van der Waals surface area contributed by atoms with E-state index in [2.05, 4.69) is 30.3 Å². The number of hydrogen-bond donors (Lipinski definition) is 5. The van der Waals surface area contributed by atoms with Gasteiger partial charge in [-0.3, -0.25) is 18.9 Å². The molecule has 0 bridgehead atoms. The lowest BCUT2D eigenvalue weighted by atomic mass is 9.99. The van der Waals surface area contributed by atoms with Crippen LogP contribution in [0.15, 0.2) is 10.5 Å². The maximum absolute atomic E-state index is 12.7. The first-order chi connectivity index (χ1) is 16.5. The molecule has 2 heterocycles. The summed E-state index contributed by atoms with van der Waals surface area (Å²) >= 11 is 0.905. The number of aliphatic carboxylic acids is 1. The van der Waals surface area contributed by atoms with Crippen molar-refractivity contribution in [2.75, 3.05) is 32.1 Å². The first-order valence-electron chi connectivity index (χ1n) is 9.17. The highest BCUT2D eigenvalue weighted by Crippen LogP contribution is 2.24. The van der Waals surface area contributed by atoms with E-state index < -0.39 is 65.3 Å². The SMILES string of the molecule is Nc1nc(/C(=N/OCC(=O)O)C(=O)NC2C(=O)N(S(=O)(=O)O)C2COC(=O)OCCNC=O)cs1. The fourth-order valence-electron chi connectivity index (χ4n) is 2.53. The summed E-state index contributed by atoms with van der Waals surface area (Å²) in [5, 5.41) is 17.7. The van der Waals surface area contributed by atoms with Crippen molar-refractivity contribution in [3.8, 4) is 0 Å². The summed E-state index contributed by atoms with van der Waals surface area (Å²) in [7, 11) is -5.09. The van der Waals surface area contributed by atoms with Gasteiger partial charge in [-0.25, -0.2) is 18.9 Å². The average molecular weight is 538 g/mol. The number of oxime groups is 1. The van der Waals surface area contributed by atoms with Crippen molar-refractivity contribution in [2.24, 2.45) is 5.16 Å². The molecule has 1 aliphatic rings. The Morgan fingerprint density at radius 3 is 2.63 bits per heavy atom. The van der Waals surface area contributed by atoms with Gasteiger partial charge in [0.05, 0.1) is 6.54 Å². The van der Waals surface area contributed by atoms with Gasteiger partial charge >= 0.3 is 22.4 Å². The predicted octanol–water partition coefficient (Wildman–Crippen LogP) is -3.07. The van der Waals surface area contributed by atoms with Gasteiger partial charge in [0, 0.05) is 5.38 Å². The maximum atomic E-state index is 12.7. The summed E-state index contributed by atoms with van der Waals surface area (Å²) in [6.07, 6.45) is -0.935. The highest BCUT2D eigenvalue weighted by molar-refractivity contribution is 7.84. The van der Waals surface area contributed by atoms with E-state index >= 15 is 0 Å². The quantitative estimate of drug-likeness (QED) is 0.0317. The minimum Gasteiger partial charge on any atom is -0.479 e. The predicted molar refractivity (Wildman–Crippen MR) is 112 cm³/mol. The van der Waals surface area contributed by atoms with Crippen molar-refractivity contribution >= 4 is 62.8 Å². The number of nitrogen functional groups attached to an aromatic ring is 1. The molecule has 2 rings (SSSR count). The number of thiazole rings is 1. The van der Waals surface area contributed by atoms with Gasteiger partial charge in [-0.1, -0.05) is 5.16 Å². The Kier molecular flexibility index (Phi) is 9.25.